The average molecular weight is 408 g/mol. The molecule has 0 fully saturated rings. The zero-order valence-electron chi connectivity index (χ0n) is 18.8. The number of esters is 1. The predicted octanol–water partition coefficient (Wildman–Crippen LogP) is 5.35. The van der Waals surface area contributed by atoms with Crippen molar-refractivity contribution in [3.8, 4) is 5.75 Å². The molecule has 1 N–H and O–H groups in total. The molecule has 0 saturated carbocycles. The third-order valence-electron chi connectivity index (χ3n) is 4.75. The van der Waals surface area contributed by atoms with E-state index in [0.29, 0.717) is 30.0 Å². The number of carbonyl (C=O) groups excluding carboxylic acids is 2. The van der Waals surface area contributed by atoms with Crippen LogP contribution in [0, 0.1) is 0 Å². The third-order valence-corrected chi connectivity index (χ3v) is 4.75. The van der Waals surface area contributed by atoms with Gasteiger partial charge in [-0.05, 0) is 58.2 Å². The van der Waals surface area contributed by atoms with Gasteiger partial charge < -0.3 is 19.5 Å². The van der Waals surface area contributed by atoms with Gasteiger partial charge in [-0.1, -0.05) is 33.6 Å². The van der Waals surface area contributed by atoms with Crippen LogP contribution in [0.5, 0.6) is 5.75 Å². The Bertz CT molecular complexity index is 651. The highest BCUT2D eigenvalue weighted by atomic mass is 16.5. The molecule has 1 aromatic rings. The number of ether oxygens (including phenoxy) is 3. The fourth-order valence-electron chi connectivity index (χ4n) is 2.73. The number of carbonyl (C=O) groups is 2. The van der Waals surface area contributed by atoms with Crippen LogP contribution in [0.4, 0.5) is 5.69 Å². The first-order valence-electron chi connectivity index (χ1n) is 10.7. The van der Waals surface area contributed by atoms with Gasteiger partial charge in [-0.2, -0.15) is 0 Å². The molecule has 6 heteroatoms. The highest BCUT2D eigenvalue weighted by molar-refractivity contribution is 5.99. The SMILES string of the molecule is CCCC[C@](C)(OCCC)C(=O)Nc1ccc(O[C@@H](C)CC)c(C(=O)OCC)c1. The molecule has 6 nitrogen and oxygen atoms in total. The number of rotatable bonds is 13. The number of benzene rings is 1. The van der Waals surface area contributed by atoms with Crippen LogP contribution in [-0.2, 0) is 14.3 Å². The Balaban J connectivity index is 3.10. The smallest absolute Gasteiger partial charge is 0.341 e. The quantitative estimate of drug-likeness (QED) is 0.446. The van der Waals surface area contributed by atoms with Crippen LogP contribution in [0.3, 0.4) is 0 Å². The van der Waals surface area contributed by atoms with Gasteiger partial charge in [-0.3, -0.25) is 4.79 Å². The molecule has 1 rings (SSSR count). The van der Waals surface area contributed by atoms with E-state index < -0.39 is 11.6 Å². The maximum Gasteiger partial charge on any atom is 0.341 e. The van der Waals surface area contributed by atoms with Gasteiger partial charge in [0.05, 0.1) is 12.7 Å². The summed E-state index contributed by atoms with van der Waals surface area (Å²) in [5, 5.41) is 2.90. The molecule has 164 valence electrons. The molecule has 0 heterocycles. The Labute approximate surface area is 175 Å². The first-order valence-corrected chi connectivity index (χ1v) is 10.7. The molecule has 2 atom stereocenters. The van der Waals surface area contributed by atoms with Crippen LogP contribution in [0.1, 0.15) is 84.0 Å². The molecule has 1 aromatic carbocycles. The lowest BCUT2D eigenvalue weighted by molar-refractivity contribution is -0.140. The summed E-state index contributed by atoms with van der Waals surface area (Å²) in [5.41, 5.74) is -0.103. The zero-order valence-corrected chi connectivity index (χ0v) is 18.8. The van der Waals surface area contributed by atoms with Crippen molar-refractivity contribution < 1.29 is 23.8 Å². The Morgan fingerprint density at radius 3 is 2.45 bits per heavy atom. The molecule has 0 bridgehead atoms. The minimum Gasteiger partial charge on any atom is -0.490 e. The lowest BCUT2D eigenvalue weighted by Gasteiger charge is -2.29. The Kier molecular flexibility index (Phi) is 10.7. The van der Waals surface area contributed by atoms with Gasteiger partial charge in [0.25, 0.3) is 5.91 Å². The van der Waals surface area contributed by atoms with E-state index in [-0.39, 0.29) is 18.6 Å². The van der Waals surface area contributed by atoms with Crippen molar-refractivity contribution in [1.29, 1.82) is 0 Å². The van der Waals surface area contributed by atoms with Crippen molar-refractivity contribution in [1.82, 2.24) is 0 Å². The highest BCUT2D eigenvalue weighted by Crippen LogP contribution is 2.27. The number of nitrogens with one attached hydrogen (secondary N) is 1. The molecule has 29 heavy (non-hydrogen) atoms. The van der Waals surface area contributed by atoms with E-state index in [1.165, 1.54) is 0 Å². The molecular formula is C23H37NO5. The van der Waals surface area contributed by atoms with Gasteiger partial charge in [-0.15, -0.1) is 0 Å². The van der Waals surface area contributed by atoms with Crippen LogP contribution in [0.25, 0.3) is 0 Å². The molecule has 0 aliphatic carbocycles. The molecule has 1 amide bonds. The average Bonchev–Trinajstić information content (AvgIpc) is 2.71. The zero-order chi connectivity index (χ0) is 21.9. The van der Waals surface area contributed by atoms with Crippen molar-refractivity contribution in [3.63, 3.8) is 0 Å². The maximum absolute atomic E-state index is 13.0. The maximum atomic E-state index is 13.0. The summed E-state index contributed by atoms with van der Waals surface area (Å²) in [4.78, 5) is 25.4. The number of amides is 1. The number of anilines is 1. The Morgan fingerprint density at radius 1 is 1.14 bits per heavy atom. The molecule has 0 aromatic heterocycles. The van der Waals surface area contributed by atoms with Gasteiger partial charge in [0, 0.05) is 12.3 Å². The minimum absolute atomic E-state index is 0.0385. The Morgan fingerprint density at radius 2 is 1.86 bits per heavy atom. The van der Waals surface area contributed by atoms with Gasteiger partial charge in [0.1, 0.15) is 16.9 Å². The summed E-state index contributed by atoms with van der Waals surface area (Å²) in [6.45, 7) is 12.4. The topological polar surface area (TPSA) is 73.9 Å². The van der Waals surface area contributed by atoms with E-state index in [1.807, 2.05) is 27.7 Å². The summed E-state index contributed by atoms with van der Waals surface area (Å²) >= 11 is 0. The largest absolute Gasteiger partial charge is 0.490 e. The van der Waals surface area contributed by atoms with E-state index in [2.05, 4.69) is 12.2 Å². The summed E-state index contributed by atoms with van der Waals surface area (Å²) < 4.78 is 16.9. The van der Waals surface area contributed by atoms with Crippen molar-refractivity contribution in [2.75, 3.05) is 18.5 Å². The normalized spacial score (nSPS) is 14.0. The fourth-order valence-corrected chi connectivity index (χ4v) is 2.73. The van der Waals surface area contributed by atoms with Gasteiger partial charge in [-0.25, -0.2) is 4.79 Å². The monoisotopic (exact) mass is 407 g/mol. The number of hydrogen-bond acceptors (Lipinski definition) is 5. The van der Waals surface area contributed by atoms with E-state index in [0.717, 1.165) is 25.7 Å². The first-order chi connectivity index (χ1) is 13.8. The van der Waals surface area contributed by atoms with E-state index in [4.69, 9.17) is 14.2 Å². The third kappa shape index (κ3) is 7.69. The van der Waals surface area contributed by atoms with Crippen molar-refractivity contribution in [3.05, 3.63) is 23.8 Å². The lowest BCUT2D eigenvalue weighted by atomic mass is 9.97. The van der Waals surface area contributed by atoms with Crippen LogP contribution < -0.4 is 10.1 Å². The van der Waals surface area contributed by atoms with E-state index in [1.54, 1.807) is 25.1 Å². The molecule has 0 saturated heterocycles. The van der Waals surface area contributed by atoms with E-state index in [9.17, 15) is 9.59 Å². The highest BCUT2D eigenvalue weighted by Gasteiger charge is 2.33. The molecular weight excluding hydrogens is 370 g/mol. The molecule has 0 unspecified atom stereocenters. The van der Waals surface area contributed by atoms with Crippen molar-refractivity contribution in [2.45, 2.75) is 85.4 Å². The van der Waals surface area contributed by atoms with Crippen molar-refractivity contribution in [2.24, 2.45) is 0 Å². The molecule has 0 aliphatic rings. The minimum atomic E-state index is -0.915. The number of unbranched alkanes of at least 4 members (excludes halogenated alkanes) is 1. The number of hydrogen-bond donors (Lipinski definition) is 1. The van der Waals surface area contributed by atoms with Crippen LogP contribution in [-0.4, -0.2) is 36.8 Å². The van der Waals surface area contributed by atoms with Gasteiger partial charge >= 0.3 is 5.97 Å². The van der Waals surface area contributed by atoms with Crippen LogP contribution in [0.2, 0.25) is 0 Å². The second-order valence-electron chi connectivity index (χ2n) is 7.41. The summed E-state index contributed by atoms with van der Waals surface area (Å²) in [7, 11) is 0. The Hall–Kier alpha value is -2.08. The van der Waals surface area contributed by atoms with Gasteiger partial charge in [0.15, 0.2) is 0 Å². The van der Waals surface area contributed by atoms with Gasteiger partial charge in [0.2, 0.25) is 0 Å². The predicted molar refractivity (Wildman–Crippen MR) is 116 cm³/mol. The second kappa shape index (κ2) is 12.5. The molecule has 0 spiro atoms. The first kappa shape index (κ1) is 25.0. The summed E-state index contributed by atoms with van der Waals surface area (Å²) in [5.74, 6) is -0.241. The van der Waals surface area contributed by atoms with E-state index >= 15 is 0 Å². The summed E-state index contributed by atoms with van der Waals surface area (Å²) in [6.07, 6.45) is 4.11. The fraction of sp³-hybridized carbons (Fsp3) is 0.652. The van der Waals surface area contributed by atoms with Crippen LogP contribution >= 0.6 is 0 Å². The van der Waals surface area contributed by atoms with Crippen molar-refractivity contribution >= 4 is 17.6 Å². The molecule has 0 radical (unpaired) electrons. The lowest BCUT2D eigenvalue weighted by Crippen LogP contribution is -2.43. The standard InChI is InChI=1S/C23H37NO5/c1-7-11-14-23(6,28-15-8-2)22(26)24-18-12-13-20(29-17(5)9-3)19(16-18)21(25)27-10-4/h12-13,16-17H,7-11,14-15H2,1-6H3,(H,24,26)/t17-,23-/m0/s1. The van der Waals surface area contributed by atoms with Crippen LogP contribution in [0.15, 0.2) is 18.2 Å². The molecule has 0 aliphatic heterocycles. The summed E-state index contributed by atoms with van der Waals surface area (Å²) in [6, 6.07) is 5.04. The second-order valence-corrected chi connectivity index (χ2v) is 7.41.